The monoisotopic (exact) mass is 354 g/mol. The molecule has 5 heterocycles. The Morgan fingerprint density at radius 1 is 1.46 bits per heavy atom. The fourth-order valence-electron chi connectivity index (χ4n) is 6.20. The van der Waals surface area contributed by atoms with Gasteiger partial charge >= 0.3 is 0 Å². The highest BCUT2D eigenvalue weighted by Gasteiger charge is 2.58. The number of rotatable bonds is 4. The summed E-state index contributed by atoms with van der Waals surface area (Å²) < 4.78 is 12.2. The van der Waals surface area contributed by atoms with E-state index in [4.69, 9.17) is 9.47 Å². The molecule has 4 fully saturated rings. The van der Waals surface area contributed by atoms with Gasteiger partial charge in [0.15, 0.2) is 0 Å². The number of benzene rings is 1. The lowest BCUT2D eigenvalue weighted by Gasteiger charge is -2.53. The van der Waals surface area contributed by atoms with Crippen LogP contribution in [-0.4, -0.2) is 43.5 Å². The van der Waals surface area contributed by atoms with Crippen LogP contribution in [0.15, 0.2) is 30.9 Å². The lowest BCUT2D eigenvalue weighted by Crippen LogP contribution is -2.60. The van der Waals surface area contributed by atoms with E-state index in [1.54, 1.807) is 7.11 Å². The molecule has 0 radical (unpaired) electrons. The first-order valence-electron chi connectivity index (χ1n) is 10.2. The summed E-state index contributed by atoms with van der Waals surface area (Å²) in [7, 11) is 1.75. The van der Waals surface area contributed by atoms with Crippen LogP contribution in [-0.2, 0) is 10.2 Å². The number of nitrogens with zero attached hydrogens (tertiary/aromatic N) is 1. The fraction of sp³-hybridized carbons (Fsp3) is 0.636. The van der Waals surface area contributed by atoms with Gasteiger partial charge in [-0.05, 0) is 61.4 Å². The van der Waals surface area contributed by atoms with Crippen LogP contribution in [0.3, 0.4) is 0 Å². The Morgan fingerprint density at radius 2 is 2.35 bits per heavy atom. The van der Waals surface area contributed by atoms with Crippen molar-refractivity contribution in [2.75, 3.05) is 25.5 Å². The number of piperidine rings is 3. The molecule has 5 aliphatic rings. The average Bonchev–Trinajstić information content (AvgIpc) is 3.02. The van der Waals surface area contributed by atoms with Crippen LogP contribution < -0.4 is 10.1 Å². The van der Waals surface area contributed by atoms with Gasteiger partial charge in [0, 0.05) is 30.1 Å². The topological polar surface area (TPSA) is 33.7 Å². The first-order chi connectivity index (χ1) is 12.7. The Kier molecular flexibility index (Phi) is 3.84. The Bertz CT molecular complexity index is 720. The van der Waals surface area contributed by atoms with E-state index in [1.165, 1.54) is 30.6 Å². The zero-order valence-corrected chi connectivity index (χ0v) is 15.9. The smallest absolute Gasteiger partial charge is 0.129 e. The molecule has 4 heteroatoms. The van der Waals surface area contributed by atoms with Gasteiger partial charge in [-0.15, -0.1) is 6.58 Å². The van der Waals surface area contributed by atoms with E-state index < -0.39 is 0 Å². The van der Waals surface area contributed by atoms with Gasteiger partial charge in [0.25, 0.3) is 0 Å². The maximum Gasteiger partial charge on any atom is 0.129 e. The largest absolute Gasteiger partial charge is 0.497 e. The molecule has 4 nitrogen and oxygen atoms in total. The van der Waals surface area contributed by atoms with Crippen LogP contribution in [0.1, 0.15) is 38.2 Å². The number of fused-ring (bicyclic) bond motifs is 7. The lowest BCUT2D eigenvalue weighted by atomic mass is 9.64. The highest BCUT2D eigenvalue weighted by molar-refractivity contribution is 5.61. The van der Waals surface area contributed by atoms with Crippen molar-refractivity contribution in [2.45, 2.75) is 56.4 Å². The predicted octanol–water partition coefficient (Wildman–Crippen LogP) is 3.78. The Balaban J connectivity index is 1.53. The molecule has 0 amide bonds. The molecular formula is C22H30N2O2. The molecule has 0 aromatic heterocycles. The third-order valence-corrected chi connectivity index (χ3v) is 7.62. The van der Waals surface area contributed by atoms with Crippen molar-refractivity contribution in [2.24, 2.45) is 11.8 Å². The molecule has 1 aromatic rings. The summed E-state index contributed by atoms with van der Waals surface area (Å²) in [6.07, 6.45) is 7.30. The van der Waals surface area contributed by atoms with Crippen molar-refractivity contribution in [1.82, 2.24) is 4.90 Å². The van der Waals surface area contributed by atoms with E-state index in [9.17, 15) is 0 Å². The van der Waals surface area contributed by atoms with Crippen LogP contribution in [0.25, 0.3) is 0 Å². The van der Waals surface area contributed by atoms with Crippen molar-refractivity contribution in [3.8, 4) is 5.75 Å². The predicted molar refractivity (Wildman–Crippen MR) is 104 cm³/mol. The molecule has 0 saturated carbocycles. The quantitative estimate of drug-likeness (QED) is 0.835. The van der Waals surface area contributed by atoms with Gasteiger partial charge in [0.05, 0.1) is 13.2 Å². The summed E-state index contributed by atoms with van der Waals surface area (Å²) in [6.45, 7) is 8.77. The fourth-order valence-corrected chi connectivity index (χ4v) is 6.20. The van der Waals surface area contributed by atoms with Gasteiger partial charge in [-0.25, -0.2) is 0 Å². The molecule has 6 rings (SSSR count). The molecule has 1 unspecified atom stereocenters. The molecule has 140 valence electrons. The zero-order valence-electron chi connectivity index (χ0n) is 15.9. The summed E-state index contributed by atoms with van der Waals surface area (Å²) in [6, 6.07) is 6.98. The second kappa shape index (κ2) is 6.00. The molecule has 26 heavy (non-hydrogen) atoms. The van der Waals surface area contributed by atoms with Gasteiger partial charge < -0.3 is 14.8 Å². The molecule has 0 spiro atoms. The number of hydrogen-bond acceptors (Lipinski definition) is 4. The minimum atomic E-state index is 0.0889. The second-order valence-corrected chi connectivity index (χ2v) is 8.56. The Morgan fingerprint density at radius 3 is 3.04 bits per heavy atom. The van der Waals surface area contributed by atoms with Crippen molar-refractivity contribution < 1.29 is 9.47 Å². The minimum Gasteiger partial charge on any atom is -0.497 e. The lowest BCUT2D eigenvalue weighted by molar-refractivity contribution is -0.0789. The molecule has 5 aliphatic heterocycles. The molecule has 1 aromatic carbocycles. The van der Waals surface area contributed by atoms with Crippen LogP contribution in [0, 0.1) is 11.8 Å². The third-order valence-electron chi connectivity index (χ3n) is 7.62. The molecular weight excluding hydrogens is 324 g/mol. The zero-order chi connectivity index (χ0) is 17.9. The molecule has 1 N–H and O–H groups in total. The van der Waals surface area contributed by atoms with Gasteiger partial charge in [-0.3, -0.25) is 4.90 Å². The molecule has 4 bridgehead atoms. The first kappa shape index (κ1) is 16.6. The van der Waals surface area contributed by atoms with Crippen LogP contribution in [0.2, 0.25) is 0 Å². The van der Waals surface area contributed by atoms with Gasteiger partial charge in [0.1, 0.15) is 12.0 Å². The van der Waals surface area contributed by atoms with Crippen molar-refractivity contribution >= 4 is 5.69 Å². The number of methoxy groups -OCH3 is 1. The average molecular weight is 354 g/mol. The highest BCUT2D eigenvalue weighted by Crippen LogP contribution is 2.55. The third kappa shape index (κ3) is 2.21. The first-order valence-corrected chi connectivity index (χ1v) is 10.2. The highest BCUT2D eigenvalue weighted by atomic mass is 16.5. The number of ether oxygens (including phenoxy) is 2. The normalized spacial score (nSPS) is 42.8. The van der Waals surface area contributed by atoms with Gasteiger partial charge in [-0.2, -0.15) is 0 Å². The van der Waals surface area contributed by atoms with E-state index in [0.717, 1.165) is 31.1 Å². The van der Waals surface area contributed by atoms with Crippen LogP contribution >= 0.6 is 0 Å². The Hall–Kier alpha value is -1.52. The molecule has 4 saturated heterocycles. The maximum atomic E-state index is 6.68. The standard InChI is InChI=1S/C22H30N2O2/c1-4-14-13-24-9-8-15(14)10-19(24)21-22(5-2)12-20(26-21)23-18-7-6-16(25-3)11-17(18)22/h4,6-7,11,14-15,19-21,23H,1,5,8-10,12-13H2,2-3H3/t14-,15-,19+,20-,21-,22+/m0/s1. The van der Waals surface area contributed by atoms with Crippen molar-refractivity contribution in [1.29, 1.82) is 0 Å². The van der Waals surface area contributed by atoms with E-state index in [1.807, 2.05) is 0 Å². The van der Waals surface area contributed by atoms with Gasteiger partial charge in [0.2, 0.25) is 0 Å². The van der Waals surface area contributed by atoms with E-state index >= 15 is 0 Å². The minimum absolute atomic E-state index is 0.0889. The summed E-state index contributed by atoms with van der Waals surface area (Å²) in [5, 5.41) is 3.62. The van der Waals surface area contributed by atoms with Crippen LogP contribution in [0.5, 0.6) is 5.75 Å². The molecule has 0 aliphatic carbocycles. The van der Waals surface area contributed by atoms with Crippen molar-refractivity contribution in [3.63, 3.8) is 0 Å². The summed E-state index contributed by atoms with van der Waals surface area (Å²) in [4.78, 5) is 2.69. The van der Waals surface area contributed by atoms with Gasteiger partial charge in [-0.1, -0.05) is 13.0 Å². The number of nitrogens with one attached hydrogen (secondary N) is 1. The van der Waals surface area contributed by atoms with E-state index in [-0.39, 0.29) is 17.7 Å². The summed E-state index contributed by atoms with van der Waals surface area (Å²) >= 11 is 0. The second-order valence-electron chi connectivity index (χ2n) is 8.56. The SMILES string of the molecule is C=C[C@H]1CN2CC[C@H]1C[C@@H]2[C@@H]1O[C@H]2C[C@]1(CC)c1cc(OC)ccc1N2. The van der Waals surface area contributed by atoms with E-state index in [2.05, 4.69) is 48.0 Å². The summed E-state index contributed by atoms with van der Waals surface area (Å²) in [5.41, 5.74) is 2.71. The van der Waals surface area contributed by atoms with Crippen LogP contribution in [0.4, 0.5) is 5.69 Å². The summed E-state index contributed by atoms with van der Waals surface area (Å²) in [5.74, 6) is 2.38. The van der Waals surface area contributed by atoms with Crippen molar-refractivity contribution in [3.05, 3.63) is 36.4 Å². The maximum absolute atomic E-state index is 6.68. The Labute approximate surface area is 156 Å². The van der Waals surface area contributed by atoms with E-state index in [0.29, 0.717) is 12.0 Å². The number of hydrogen-bond donors (Lipinski definition) is 1. The molecule has 7 atom stereocenters. The number of anilines is 1.